The predicted molar refractivity (Wildman–Crippen MR) is 87.9 cm³/mol. The maximum Gasteiger partial charge on any atom is 0.291 e. The number of nitrogens with one attached hydrogen (secondary N) is 1. The van der Waals surface area contributed by atoms with Crippen molar-refractivity contribution in [2.24, 2.45) is 0 Å². The van der Waals surface area contributed by atoms with Crippen LogP contribution in [0.4, 0.5) is 25.1 Å². The quantitative estimate of drug-likeness (QED) is 0.452. The second-order valence-corrected chi connectivity index (χ2v) is 6.65. The zero-order chi connectivity index (χ0) is 17.7. The molecular formula is C11H4F5NO2S5. The SMILES string of the molecule is O=C(Nc1c(SF)c(SF)c(SF)c(SF)c1SF)c1ccco1. The highest BCUT2D eigenvalue weighted by Gasteiger charge is 2.29. The lowest BCUT2D eigenvalue weighted by Crippen LogP contribution is -2.13. The maximum atomic E-state index is 13.3. The molecule has 1 amide bonds. The van der Waals surface area contributed by atoms with Gasteiger partial charge in [-0.05, 0) is 12.1 Å². The third kappa shape index (κ3) is 3.79. The number of benzene rings is 1. The van der Waals surface area contributed by atoms with Gasteiger partial charge in [0.1, 0.15) is 0 Å². The van der Waals surface area contributed by atoms with Crippen LogP contribution < -0.4 is 5.32 Å². The number of furan rings is 1. The van der Waals surface area contributed by atoms with Gasteiger partial charge in [-0.3, -0.25) is 4.79 Å². The van der Waals surface area contributed by atoms with Gasteiger partial charge in [0.2, 0.25) is 0 Å². The average Bonchev–Trinajstić information content (AvgIpc) is 3.14. The zero-order valence-corrected chi connectivity index (χ0v) is 15.1. The Balaban J connectivity index is 2.65. The number of halogens is 5. The van der Waals surface area contributed by atoms with E-state index in [2.05, 4.69) is 5.32 Å². The number of anilines is 1. The minimum absolute atomic E-state index is 0.188. The molecule has 3 nitrogen and oxygen atoms in total. The maximum absolute atomic E-state index is 13.3. The van der Waals surface area contributed by atoms with Crippen molar-refractivity contribution in [1.29, 1.82) is 0 Å². The van der Waals surface area contributed by atoms with E-state index in [1.54, 1.807) is 0 Å². The van der Waals surface area contributed by atoms with E-state index in [-0.39, 0.29) is 5.76 Å². The fourth-order valence-corrected chi connectivity index (χ4v) is 4.55. The highest BCUT2D eigenvalue weighted by atomic mass is 32.2. The van der Waals surface area contributed by atoms with Crippen molar-refractivity contribution in [3.8, 4) is 0 Å². The van der Waals surface area contributed by atoms with Crippen LogP contribution in [-0.4, -0.2) is 5.91 Å². The Kier molecular flexibility index (Phi) is 7.53. The summed E-state index contributed by atoms with van der Waals surface area (Å²) < 4.78 is 70.8. The number of rotatable bonds is 7. The molecule has 1 heterocycles. The van der Waals surface area contributed by atoms with Gasteiger partial charge in [-0.2, -0.15) is 19.4 Å². The van der Waals surface area contributed by atoms with E-state index in [0.717, 1.165) is 0 Å². The molecule has 0 spiro atoms. The number of hydrogen-bond acceptors (Lipinski definition) is 7. The van der Waals surface area contributed by atoms with E-state index in [4.69, 9.17) is 4.42 Å². The number of amides is 1. The fraction of sp³-hybridized carbons (Fsp3) is 0. The van der Waals surface area contributed by atoms with Crippen LogP contribution in [0, 0.1) is 0 Å². The van der Waals surface area contributed by atoms with E-state index in [1.807, 2.05) is 0 Å². The Morgan fingerprint density at radius 1 is 0.833 bits per heavy atom. The molecule has 130 valence electrons. The smallest absolute Gasteiger partial charge is 0.291 e. The molecule has 1 aromatic carbocycles. The summed E-state index contributed by atoms with van der Waals surface area (Å²) in [6.07, 6.45) is 1.19. The highest BCUT2D eigenvalue weighted by Crippen LogP contribution is 2.54. The summed E-state index contributed by atoms with van der Waals surface area (Å²) in [5.74, 6) is -1.08. The van der Waals surface area contributed by atoms with Gasteiger partial charge in [-0.15, -0.1) is 0 Å². The van der Waals surface area contributed by atoms with E-state index >= 15 is 0 Å². The van der Waals surface area contributed by atoms with Crippen molar-refractivity contribution in [1.82, 2.24) is 0 Å². The molecule has 2 aromatic rings. The molecule has 0 aliphatic rings. The van der Waals surface area contributed by atoms with Gasteiger partial charge in [0.15, 0.2) is 5.76 Å². The molecule has 0 fully saturated rings. The molecule has 0 aliphatic heterocycles. The van der Waals surface area contributed by atoms with Crippen molar-refractivity contribution in [2.45, 2.75) is 24.5 Å². The molecule has 0 saturated carbocycles. The molecule has 13 heteroatoms. The summed E-state index contributed by atoms with van der Waals surface area (Å²) in [5.41, 5.74) is -0.519. The van der Waals surface area contributed by atoms with Gasteiger partial charge < -0.3 is 9.73 Å². The van der Waals surface area contributed by atoms with Gasteiger partial charge in [0.05, 0.1) is 97.2 Å². The molecule has 2 rings (SSSR count). The van der Waals surface area contributed by atoms with Crippen LogP contribution in [0.1, 0.15) is 10.6 Å². The molecule has 1 aromatic heterocycles. The molecule has 0 unspecified atom stereocenters. The minimum atomic E-state index is -0.893. The van der Waals surface area contributed by atoms with E-state index in [1.165, 1.54) is 18.4 Å². The molecule has 1 N–H and O–H groups in total. The Morgan fingerprint density at radius 2 is 1.29 bits per heavy atom. The minimum Gasteiger partial charge on any atom is -0.459 e. The molecule has 0 bridgehead atoms. The summed E-state index contributed by atoms with van der Waals surface area (Å²) in [7, 11) is 0. The standard InChI is InChI=1S/C11H4F5NO2S5/c12-20-6-5(17-11(18)4-2-1-3-19-4)7(21-13)9(23-15)10(24-16)8(6)22-14/h1-3H,(H,17,18). The monoisotopic (exact) mass is 437 g/mol. The summed E-state index contributed by atoms with van der Waals surface area (Å²) in [4.78, 5) is 9.01. The average molecular weight is 437 g/mol. The van der Waals surface area contributed by atoms with Crippen LogP contribution in [0.15, 0.2) is 47.3 Å². The van der Waals surface area contributed by atoms with E-state index < -0.39 is 96.8 Å². The first-order chi connectivity index (χ1) is 11.6. The number of carbonyl (C=O) groups excluding carboxylic acids is 1. The third-order valence-electron chi connectivity index (χ3n) is 2.65. The highest BCUT2D eigenvalue weighted by molar-refractivity contribution is 8.00. The van der Waals surface area contributed by atoms with E-state index in [9.17, 15) is 24.2 Å². The largest absolute Gasteiger partial charge is 0.459 e. The topological polar surface area (TPSA) is 42.2 Å². The molecule has 0 radical (unpaired) electrons. The van der Waals surface area contributed by atoms with Crippen LogP contribution in [0.25, 0.3) is 0 Å². The lowest BCUT2D eigenvalue weighted by Gasteiger charge is -2.17. The van der Waals surface area contributed by atoms with Crippen molar-refractivity contribution in [2.75, 3.05) is 5.32 Å². The lowest BCUT2D eigenvalue weighted by molar-refractivity contribution is 0.0996. The first-order valence-electron chi connectivity index (χ1n) is 5.64. The van der Waals surface area contributed by atoms with Crippen molar-refractivity contribution >= 4 is 72.3 Å². The number of hydrogen-bond donors (Lipinski definition) is 1. The normalized spacial score (nSPS) is 10.9. The van der Waals surface area contributed by atoms with Gasteiger partial charge in [0.25, 0.3) is 5.91 Å². The number of carbonyl (C=O) groups is 1. The Labute approximate surface area is 154 Å². The van der Waals surface area contributed by atoms with Gasteiger partial charge in [-0.25, -0.2) is 0 Å². The molecular weight excluding hydrogens is 433 g/mol. The van der Waals surface area contributed by atoms with Crippen LogP contribution in [0.3, 0.4) is 0 Å². The molecule has 0 atom stereocenters. The third-order valence-corrected chi connectivity index (χ3v) is 5.98. The summed E-state index contributed by atoms with van der Waals surface area (Å²) >= 11 is -2.72. The first-order valence-corrected chi connectivity index (χ1v) is 9.23. The second kappa shape index (κ2) is 9.17. The van der Waals surface area contributed by atoms with Crippen LogP contribution in [0.2, 0.25) is 0 Å². The van der Waals surface area contributed by atoms with Crippen LogP contribution in [-0.2, 0) is 0 Å². The Bertz CT molecular complexity index is 697. The van der Waals surface area contributed by atoms with Gasteiger partial charge in [0, 0.05) is 0 Å². The summed E-state index contributed by atoms with van der Waals surface area (Å²) in [6, 6.07) is 2.68. The van der Waals surface area contributed by atoms with Gasteiger partial charge in [-0.1, -0.05) is 0 Å². The summed E-state index contributed by atoms with van der Waals surface area (Å²) in [5, 5.41) is 2.14. The van der Waals surface area contributed by atoms with Crippen molar-refractivity contribution in [3.05, 3.63) is 24.2 Å². The zero-order valence-electron chi connectivity index (χ0n) is 11.0. The van der Waals surface area contributed by atoms with Crippen molar-refractivity contribution in [3.63, 3.8) is 0 Å². The van der Waals surface area contributed by atoms with Crippen LogP contribution >= 0.6 is 60.7 Å². The van der Waals surface area contributed by atoms with Crippen molar-refractivity contribution < 1.29 is 28.6 Å². The first kappa shape index (κ1) is 19.7. The fourth-order valence-electron chi connectivity index (χ4n) is 1.69. The molecule has 24 heavy (non-hydrogen) atoms. The van der Waals surface area contributed by atoms with Crippen LogP contribution in [0.5, 0.6) is 0 Å². The lowest BCUT2D eigenvalue weighted by atomic mass is 10.3. The second-order valence-electron chi connectivity index (χ2n) is 3.84. The summed E-state index contributed by atoms with van der Waals surface area (Å²) in [6.45, 7) is 0. The Hall–Kier alpha value is -0.630. The van der Waals surface area contributed by atoms with Gasteiger partial charge >= 0.3 is 0 Å². The predicted octanol–water partition coefficient (Wildman–Crippen LogP) is 7.41. The molecule has 0 aliphatic carbocycles. The Morgan fingerprint density at radius 3 is 1.67 bits per heavy atom. The molecule has 0 saturated heterocycles. The van der Waals surface area contributed by atoms with E-state index in [0.29, 0.717) is 0 Å².